The van der Waals surface area contributed by atoms with Gasteiger partial charge in [0.2, 0.25) is 0 Å². The summed E-state index contributed by atoms with van der Waals surface area (Å²) in [4.78, 5) is 22.1. The summed E-state index contributed by atoms with van der Waals surface area (Å²) in [5.74, 6) is -2.23. The number of carboxylic acids is 1. The van der Waals surface area contributed by atoms with E-state index in [-0.39, 0.29) is 18.8 Å². The van der Waals surface area contributed by atoms with Gasteiger partial charge in [-0.3, -0.25) is 4.79 Å². The van der Waals surface area contributed by atoms with E-state index in [9.17, 15) is 14.0 Å². The number of amides is 1. The number of ether oxygens (including phenoxy) is 1. The summed E-state index contributed by atoms with van der Waals surface area (Å²) >= 11 is 0. The minimum absolute atomic E-state index is 0.0962. The van der Waals surface area contributed by atoms with Crippen LogP contribution in [0.1, 0.15) is 6.42 Å². The zero-order chi connectivity index (χ0) is 14.3. The van der Waals surface area contributed by atoms with Crippen LogP contribution in [-0.4, -0.2) is 41.3 Å². The number of aliphatic hydroxyl groups is 1. The van der Waals surface area contributed by atoms with Crippen molar-refractivity contribution in [3.63, 3.8) is 0 Å². The third kappa shape index (κ3) is 5.35. The number of aliphatic carboxylic acids is 1. The third-order valence-corrected chi connectivity index (χ3v) is 2.22. The predicted octanol–water partition coefficient (Wildman–Crippen LogP) is 0.156. The van der Waals surface area contributed by atoms with Gasteiger partial charge in [0.05, 0.1) is 0 Å². The molecule has 19 heavy (non-hydrogen) atoms. The molecule has 1 atom stereocenters. The van der Waals surface area contributed by atoms with Crippen molar-refractivity contribution in [1.29, 1.82) is 0 Å². The molecule has 6 nitrogen and oxygen atoms in total. The van der Waals surface area contributed by atoms with Crippen LogP contribution >= 0.6 is 0 Å². The number of hydrogen-bond donors (Lipinski definition) is 3. The lowest BCUT2D eigenvalue weighted by atomic mass is 10.2. The Hall–Kier alpha value is -2.15. The lowest BCUT2D eigenvalue weighted by Gasteiger charge is -2.13. The molecule has 0 aliphatic rings. The maximum Gasteiger partial charge on any atom is 0.326 e. The summed E-state index contributed by atoms with van der Waals surface area (Å²) in [6.45, 7) is -0.791. The smallest absolute Gasteiger partial charge is 0.326 e. The number of carbonyl (C=O) groups excluding carboxylic acids is 1. The first-order valence-electron chi connectivity index (χ1n) is 5.54. The molecule has 104 valence electrons. The average molecular weight is 271 g/mol. The van der Waals surface area contributed by atoms with Crippen LogP contribution in [0.15, 0.2) is 24.3 Å². The van der Waals surface area contributed by atoms with Crippen LogP contribution in [0.4, 0.5) is 4.39 Å². The Morgan fingerprint density at radius 1 is 1.42 bits per heavy atom. The number of rotatable bonds is 7. The Labute approximate surface area is 108 Å². The standard InChI is InChI=1S/C12H14FNO5/c13-8-2-1-3-9(6-8)19-7-11(16)14-10(4-5-15)12(17)18/h1-3,6,10,15H,4-5,7H2,(H,14,16)(H,17,18)/t10-/m1/s1. The Morgan fingerprint density at radius 3 is 2.74 bits per heavy atom. The summed E-state index contributed by atoms with van der Waals surface area (Å²) in [5, 5.41) is 19.6. The van der Waals surface area contributed by atoms with E-state index in [4.69, 9.17) is 14.9 Å². The summed E-state index contributed by atoms with van der Waals surface area (Å²) in [6.07, 6.45) is -0.0962. The highest BCUT2D eigenvalue weighted by Crippen LogP contribution is 2.11. The highest BCUT2D eigenvalue weighted by Gasteiger charge is 2.19. The zero-order valence-corrected chi connectivity index (χ0v) is 10.0. The summed E-state index contributed by atoms with van der Waals surface area (Å²) < 4.78 is 17.8. The molecule has 0 radical (unpaired) electrons. The molecule has 0 aliphatic carbocycles. The van der Waals surface area contributed by atoms with E-state index >= 15 is 0 Å². The van der Waals surface area contributed by atoms with Gasteiger partial charge in [0, 0.05) is 19.1 Å². The molecule has 7 heteroatoms. The predicted molar refractivity (Wildman–Crippen MR) is 63.2 cm³/mol. The molecule has 0 saturated heterocycles. The topological polar surface area (TPSA) is 95.9 Å². The number of carboxylic acid groups (broad SMARTS) is 1. The van der Waals surface area contributed by atoms with Crippen LogP contribution in [0.5, 0.6) is 5.75 Å². The second kappa shape index (κ2) is 7.32. The van der Waals surface area contributed by atoms with Crippen molar-refractivity contribution in [3.8, 4) is 5.75 Å². The molecule has 0 bridgehead atoms. The fraction of sp³-hybridized carbons (Fsp3) is 0.333. The number of halogens is 1. The van der Waals surface area contributed by atoms with Gasteiger partial charge in [0.25, 0.3) is 5.91 Å². The van der Waals surface area contributed by atoms with E-state index in [1.54, 1.807) is 0 Å². The molecule has 1 amide bonds. The van der Waals surface area contributed by atoms with Gasteiger partial charge in [0.15, 0.2) is 6.61 Å². The van der Waals surface area contributed by atoms with Gasteiger partial charge < -0.3 is 20.3 Å². The van der Waals surface area contributed by atoms with E-state index in [0.717, 1.165) is 6.07 Å². The van der Waals surface area contributed by atoms with Gasteiger partial charge in [-0.2, -0.15) is 0 Å². The molecule has 1 aromatic rings. The van der Waals surface area contributed by atoms with Crippen LogP contribution in [0.25, 0.3) is 0 Å². The first-order chi connectivity index (χ1) is 9.02. The fourth-order valence-corrected chi connectivity index (χ4v) is 1.33. The number of benzene rings is 1. The number of hydrogen-bond acceptors (Lipinski definition) is 4. The lowest BCUT2D eigenvalue weighted by Crippen LogP contribution is -2.43. The van der Waals surface area contributed by atoms with E-state index in [0.29, 0.717) is 0 Å². The molecule has 0 saturated carbocycles. The van der Waals surface area contributed by atoms with Gasteiger partial charge in [-0.15, -0.1) is 0 Å². The third-order valence-electron chi connectivity index (χ3n) is 2.22. The minimum Gasteiger partial charge on any atom is -0.484 e. The van der Waals surface area contributed by atoms with Crippen molar-refractivity contribution < 1.29 is 28.9 Å². The maximum absolute atomic E-state index is 12.8. The van der Waals surface area contributed by atoms with E-state index in [1.165, 1.54) is 18.2 Å². The van der Waals surface area contributed by atoms with Crippen LogP contribution in [0.2, 0.25) is 0 Å². The molecule has 3 N–H and O–H groups in total. The molecular formula is C12H14FNO5. The molecule has 0 aromatic heterocycles. The van der Waals surface area contributed by atoms with Crippen LogP contribution in [0.3, 0.4) is 0 Å². The van der Waals surface area contributed by atoms with Crippen molar-refractivity contribution in [1.82, 2.24) is 5.32 Å². The monoisotopic (exact) mass is 271 g/mol. The summed E-state index contributed by atoms with van der Waals surface area (Å²) in [7, 11) is 0. The number of carbonyl (C=O) groups is 2. The zero-order valence-electron chi connectivity index (χ0n) is 10.0. The van der Waals surface area contributed by atoms with Gasteiger partial charge in [-0.05, 0) is 12.1 Å². The van der Waals surface area contributed by atoms with Crippen LogP contribution in [-0.2, 0) is 9.59 Å². The SMILES string of the molecule is O=C(COc1cccc(F)c1)N[C@H](CCO)C(=O)O. The largest absolute Gasteiger partial charge is 0.484 e. The van der Waals surface area contributed by atoms with Gasteiger partial charge in [-0.1, -0.05) is 6.07 Å². The molecular weight excluding hydrogens is 257 g/mol. The Bertz CT molecular complexity index is 452. The van der Waals surface area contributed by atoms with Crippen molar-refractivity contribution in [3.05, 3.63) is 30.1 Å². The molecule has 0 fully saturated rings. The normalized spacial score (nSPS) is 11.7. The van der Waals surface area contributed by atoms with E-state index in [1.807, 2.05) is 0 Å². The molecule has 0 spiro atoms. The molecule has 0 unspecified atom stereocenters. The Kier molecular flexibility index (Phi) is 5.74. The molecule has 1 rings (SSSR count). The van der Waals surface area contributed by atoms with E-state index < -0.39 is 30.3 Å². The summed E-state index contributed by atoms with van der Waals surface area (Å²) in [6, 6.07) is 4.06. The first-order valence-corrected chi connectivity index (χ1v) is 5.54. The first kappa shape index (κ1) is 14.9. The summed E-state index contributed by atoms with van der Waals surface area (Å²) in [5.41, 5.74) is 0. The fourth-order valence-electron chi connectivity index (χ4n) is 1.33. The maximum atomic E-state index is 12.8. The highest BCUT2D eigenvalue weighted by atomic mass is 19.1. The lowest BCUT2D eigenvalue weighted by molar-refractivity contribution is -0.142. The van der Waals surface area contributed by atoms with Crippen molar-refractivity contribution in [2.24, 2.45) is 0 Å². The van der Waals surface area contributed by atoms with Crippen molar-refractivity contribution >= 4 is 11.9 Å². The van der Waals surface area contributed by atoms with Gasteiger partial charge in [0.1, 0.15) is 17.6 Å². The molecule has 0 heterocycles. The second-order valence-electron chi connectivity index (χ2n) is 3.72. The quantitative estimate of drug-likeness (QED) is 0.656. The number of nitrogens with one attached hydrogen (secondary N) is 1. The van der Waals surface area contributed by atoms with Crippen molar-refractivity contribution in [2.45, 2.75) is 12.5 Å². The van der Waals surface area contributed by atoms with Crippen molar-refractivity contribution in [2.75, 3.05) is 13.2 Å². The molecule has 1 aromatic carbocycles. The number of aliphatic hydroxyl groups excluding tert-OH is 1. The highest BCUT2D eigenvalue weighted by molar-refractivity contribution is 5.84. The van der Waals surface area contributed by atoms with Crippen LogP contribution < -0.4 is 10.1 Å². The van der Waals surface area contributed by atoms with Crippen LogP contribution in [0, 0.1) is 5.82 Å². The van der Waals surface area contributed by atoms with Gasteiger partial charge in [-0.25, -0.2) is 9.18 Å². The second-order valence-corrected chi connectivity index (χ2v) is 3.72. The van der Waals surface area contributed by atoms with E-state index in [2.05, 4.69) is 5.32 Å². The Morgan fingerprint density at radius 2 is 2.16 bits per heavy atom. The molecule has 0 aliphatic heterocycles. The average Bonchev–Trinajstić information content (AvgIpc) is 2.36. The minimum atomic E-state index is -1.24. The Balaban J connectivity index is 2.44. The van der Waals surface area contributed by atoms with Gasteiger partial charge >= 0.3 is 5.97 Å².